The van der Waals surface area contributed by atoms with Crippen LogP contribution in [0.3, 0.4) is 0 Å². The number of para-hydroxylation sites is 1. The highest BCUT2D eigenvalue weighted by Gasteiger charge is 1.86. The molecule has 0 amide bonds. The summed E-state index contributed by atoms with van der Waals surface area (Å²) >= 11 is 0. The van der Waals surface area contributed by atoms with Gasteiger partial charge in [0.25, 0.3) is 0 Å². The Labute approximate surface area is 113 Å². The van der Waals surface area contributed by atoms with E-state index in [9.17, 15) is 0 Å². The predicted molar refractivity (Wildman–Crippen MR) is 79.9 cm³/mol. The van der Waals surface area contributed by atoms with Crippen LogP contribution in [0.1, 0.15) is 5.69 Å². The first kappa shape index (κ1) is 13.0. The van der Waals surface area contributed by atoms with Crippen LogP contribution >= 0.6 is 0 Å². The Morgan fingerprint density at radius 3 is 2.32 bits per heavy atom. The number of hydrogen-bond donors (Lipinski definition) is 0. The molecule has 1 aromatic carbocycles. The first-order valence-corrected chi connectivity index (χ1v) is 6.21. The number of allylic oxidation sites excluding steroid dienone is 1. The van der Waals surface area contributed by atoms with Gasteiger partial charge in [0.15, 0.2) is 0 Å². The number of nitrogens with zero attached hydrogens (tertiary/aromatic N) is 2. The normalized spacial score (nSPS) is 9.47. The Balaban J connectivity index is 0.000000141. The highest BCUT2D eigenvalue weighted by atomic mass is 14.7. The third kappa shape index (κ3) is 4.03. The van der Waals surface area contributed by atoms with Gasteiger partial charge in [-0.2, -0.15) is 0 Å². The molecule has 0 spiro atoms. The molecule has 0 unspecified atom stereocenters. The van der Waals surface area contributed by atoms with Gasteiger partial charge in [-0.25, -0.2) is 0 Å². The Morgan fingerprint density at radius 2 is 1.58 bits per heavy atom. The van der Waals surface area contributed by atoms with Crippen molar-refractivity contribution < 1.29 is 0 Å². The smallest absolute Gasteiger partial charge is 0.0701 e. The molecule has 0 bridgehead atoms. The van der Waals surface area contributed by atoms with E-state index in [1.807, 2.05) is 54.7 Å². The van der Waals surface area contributed by atoms with Crippen molar-refractivity contribution in [2.24, 2.45) is 0 Å². The molecule has 3 aromatic rings. The molecule has 0 fully saturated rings. The van der Waals surface area contributed by atoms with Crippen LogP contribution in [0.4, 0.5) is 0 Å². The summed E-state index contributed by atoms with van der Waals surface area (Å²) in [6.45, 7) is 3.62. The second kappa shape index (κ2) is 7.07. The van der Waals surface area contributed by atoms with Crippen LogP contribution in [0.15, 0.2) is 79.6 Å². The van der Waals surface area contributed by atoms with Crippen LogP contribution in [0, 0.1) is 0 Å². The second-order valence-corrected chi connectivity index (χ2v) is 4.01. The zero-order valence-electron chi connectivity index (χ0n) is 10.7. The maximum atomic E-state index is 4.18. The summed E-state index contributed by atoms with van der Waals surface area (Å²) in [6, 6.07) is 18.0. The number of aromatic nitrogens is 2. The average Bonchev–Trinajstić information content (AvgIpc) is 2.50. The summed E-state index contributed by atoms with van der Waals surface area (Å²) < 4.78 is 0. The van der Waals surface area contributed by atoms with E-state index in [0.717, 1.165) is 17.6 Å². The van der Waals surface area contributed by atoms with Crippen LogP contribution in [-0.2, 0) is 6.42 Å². The average molecular weight is 248 g/mol. The molecule has 0 N–H and O–H groups in total. The number of rotatable bonds is 2. The van der Waals surface area contributed by atoms with Crippen molar-refractivity contribution in [1.82, 2.24) is 9.97 Å². The molecule has 2 heteroatoms. The maximum absolute atomic E-state index is 4.18. The van der Waals surface area contributed by atoms with Crippen LogP contribution in [-0.4, -0.2) is 9.97 Å². The van der Waals surface area contributed by atoms with E-state index >= 15 is 0 Å². The third-order valence-electron chi connectivity index (χ3n) is 2.59. The van der Waals surface area contributed by atoms with Crippen molar-refractivity contribution in [3.05, 3.63) is 85.3 Å². The zero-order valence-corrected chi connectivity index (χ0v) is 10.7. The standard InChI is InChI=1S/C9H7N.C8H9N/c1-2-6-9-8(4-1)5-3-7-10-9;1-2-5-8-6-3-4-7-9-8/h1-7H;2-4,6-7H,1,5H2. The molecular formula is C17H16N2. The lowest BCUT2D eigenvalue weighted by Crippen LogP contribution is -1.82. The molecule has 0 aliphatic heterocycles. The van der Waals surface area contributed by atoms with Gasteiger partial charge in [0.2, 0.25) is 0 Å². The lowest BCUT2D eigenvalue weighted by Gasteiger charge is -1.91. The molecule has 3 rings (SSSR count). The Hall–Kier alpha value is -2.48. The zero-order chi connectivity index (χ0) is 13.3. The third-order valence-corrected chi connectivity index (χ3v) is 2.59. The topological polar surface area (TPSA) is 25.8 Å². The summed E-state index contributed by atoms with van der Waals surface area (Å²) in [5, 5.41) is 1.20. The predicted octanol–water partition coefficient (Wildman–Crippen LogP) is 4.04. The molecule has 2 nitrogen and oxygen atoms in total. The SMILES string of the molecule is C=CCc1ccccn1.c1ccc2ncccc2c1. The molecule has 2 heterocycles. The van der Waals surface area contributed by atoms with Crippen LogP contribution in [0.25, 0.3) is 10.9 Å². The van der Waals surface area contributed by atoms with Gasteiger partial charge in [0, 0.05) is 29.9 Å². The van der Waals surface area contributed by atoms with Gasteiger partial charge in [-0.3, -0.25) is 9.97 Å². The molecule has 94 valence electrons. The van der Waals surface area contributed by atoms with Crippen molar-refractivity contribution in [2.75, 3.05) is 0 Å². The lowest BCUT2D eigenvalue weighted by molar-refractivity contribution is 1.11. The molecule has 19 heavy (non-hydrogen) atoms. The van der Waals surface area contributed by atoms with Gasteiger partial charge in [-0.05, 0) is 24.3 Å². The highest BCUT2D eigenvalue weighted by Crippen LogP contribution is 2.07. The molecule has 0 aliphatic carbocycles. The molecule has 0 saturated heterocycles. The fraction of sp³-hybridized carbons (Fsp3) is 0.0588. The number of hydrogen-bond acceptors (Lipinski definition) is 2. The summed E-state index contributed by atoms with van der Waals surface area (Å²) in [5.41, 5.74) is 2.14. The fourth-order valence-electron chi connectivity index (χ4n) is 1.68. The Morgan fingerprint density at radius 1 is 0.842 bits per heavy atom. The first-order chi connectivity index (χ1) is 9.40. The molecule has 0 atom stereocenters. The van der Waals surface area contributed by atoms with Crippen molar-refractivity contribution in [2.45, 2.75) is 6.42 Å². The van der Waals surface area contributed by atoms with Gasteiger partial charge in [0.05, 0.1) is 5.52 Å². The van der Waals surface area contributed by atoms with Gasteiger partial charge >= 0.3 is 0 Å². The van der Waals surface area contributed by atoms with Crippen LogP contribution in [0.5, 0.6) is 0 Å². The van der Waals surface area contributed by atoms with E-state index in [1.54, 1.807) is 6.20 Å². The Kier molecular flexibility index (Phi) is 4.82. The van der Waals surface area contributed by atoms with Crippen molar-refractivity contribution in [3.63, 3.8) is 0 Å². The van der Waals surface area contributed by atoms with E-state index in [1.165, 1.54) is 5.39 Å². The highest BCUT2D eigenvalue weighted by molar-refractivity contribution is 5.77. The van der Waals surface area contributed by atoms with Crippen molar-refractivity contribution >= 4 is 10.9 Å². The quantitative estimate of drug-likeness (QED) is 0.639. The minimum atomic E-state index is 0.862. The van der Waals surface area contributed by atoms with Gasteiger partial charge < -0.3 is 0 Å². The van der Waals surface area contributed by atoms with Crippen molar-refractivity contribution in [1.29, 1.82) is 0 Å². The Bertz CT molecular complexity index is 567. The summed E-state index contributed by atoms with van der Waals surface area (Å²) in [4.78, 5) is 8.28. The minimum Gasteiger partial charge on any atom is -0.261 e. The van der Waals surface area contributed by atoms with E-state index in [2.05, 4.69) is 28.7 Å². The monoisotopic (exact) mass is 248 g/mol. The maximum Gasteiger partial charge on any atom is 0.0701 e. The first-order valence-electron chi connectivity index (χ1n) is 6.21. The number of fused-ring (bicyclic) bond motifs is 1. The number of pyridine rings is 2. The summed E-state index contributed by atoms with van der Waals surface area (Å²) in [7, 11) is 0. The lowest BCUT2D eigenvalue weighted by atomic mass is 10.2. The van der Waals surface area contributed by atoms with E-state index in [4.69, 9.17) is 0 Å². The molecule has 0 radical (unpaired) electrons. The van der Waals surface area contributed by atoms with Gasteiger partial charge in [0.1, 0.15) is 0 Å². The van der Waals surface area contributed by atoms with Gasteiger partial charge in [-0.1, -0.05) is 36.4 Å². The summed E-state index contributed by atoms with van der Waals surface area (Å²) in [6.07, 6.45) is 6.31. The second-order valence-electron chi connectivity index (χ2n) is 4.01. The fourth-order valence-corrected chi connectivity index (χ4v) is 1.68. The van der Waals surface area contributed by atoms with E-state index in [-0.39, 0.29) is 0 Å². The number of benzene rings is 1. The van der Waals surface area contributed by atoms with Crippen molar-refractivity contribution in [3.8, 4) is 0 Å². The largest absolute Gasteiger partial charge is 0.261 e. The molecule has 2 aromatic heterocycles. The molecule has 0 aliphatic rings. The molecular weight excluding hydrogens is 232 g/mol. The minimum absolute atomic E-state index is 0.862. The van der Waals surface area contributed by atoms with Crippen LogP contribution < -0.4 is 0 Å². The molecule has 0 saturated carbocycles. The van der Waals surface area contributed by atoms with E-state index < -0.39 is 0 Å². The van der Waals surface area contributed by atoms with Gasteiger partial charge in [-0.15, -0.1) is 6.58 Å². The van der Waals surface area contributed by atoms with E-state index in [0.29, 0.717) is 0 Å². The summed E-state index contributed by atoms with van der Waals surface area (Å²) in [5.74, 6) is 0. The van der Waals surface area contributed by atoms with Crippen LogP contribution in [0.2, 0.25) is 0 Å².